The minimum atomic E-state index is -4.59. The summed E-state index contributed by atoms with van der Waals surface area (Å²) in [5, 5.41) is 11.4. The van der Waals surface area contributed by atoms with E-state index in [1.807, 2.05) is 0 Å². The molecule has 0 radical (unpaired) electrons. The van der Waals surface area contributed by atoms with Crippen LogP contribution < -0.4 is 5.32 Å². The number of halogens is 4. The van der Waals surface area contributed by atoms with E-state index in [0.717, 1.165) is 0 Å². The third kappa shape index (κ3) is 4.67. The Morgan fingerprint density at radius 1 is 1.21 bits per heavy atom. The van der Waals surface area contributed by atoms with Gasteiger partial charge in [0.2, 0.25) is 5.91 Å². The molecule has 2 rings (SSSR count). The minimum Gasteiger partial charge on any atom is -0.481 e. The van der Waals surface area contributed by atoms with Crippen LogP contribution in [-0.4, -0.2) is 47.7 Å². The van der Waals surface area contributed by atoms with Gasteiger partial charge in [0, 0.05) is 31.7 Å². The van der Waals surface area contributed by atoms with Crippen molar-refractivity contribution in [1.29, 1.82) is 0 Å². The fraction of sp³-hybridized carbons (Fsp3) is 0.467. The Morgan fingerprint density at radius 2 is 1.83 bits per heavy atom. The molecule has 1 aromatic carbocycles. The number of amides is 1. The molecule has 132 valence electrons. The third-order valence-corrected chi connectivity index (χ3v) is 3.92. The third-order valence-electron chi connectivity index (χ3n) is 3.92. The van der Waals surface area contributed by atoms with Crippen LogP contribution in [0.5, 0.6) is 0 Å². The van der Waals surface area contributed by atoms with Gasteiger partial charge in [0.25, 0.3) is 0 Å². The molecule has 0 saturated carbocycles. The molecule has 5 nitrogen and oxygen atoms in total. The lowest BCUT2D eigenvalue weighted by Gasteiger charge is -2.18. The predicted octanol–water partition coefficient (Wildman–Crippen LogP) is 2.35. The normalized spacial score (nSPS) is 21.7. The number of nitrogens with zero attached hydrogens (tertiary/aromatic N) is 1. The number of nitrogens with one attached hydrogen (secondary N) is 1. The van der Waals surface area contributed by atoms with Crippen molar-refractivity contribution < 1.29 is 32.3 Å². The number of carbonyl (C=O) groups is 2. The number of hydrogen-bond acceptors (Lipinski definition) is 3. The van der Waals surface area contributed by atoms with Crippen LogP contribution in [0.15, 0.2) is 24.3 Å². The van der Waals surface area contributed by atoms with E-state index in [2.05, 4.69) is 5.32 Å². The van der Waals surface area contributed by atoms with Gasteiger partial charge in [-0.25, -0.2) is 4.39 Å². The van der Waals surface area contributed by atoms with Crippen molar-refractivity contribution in [3.63, 3.8) is 0 Å². The molecular formula is C15H16F4N2O3. The summed E-state index contributed by atoms with van der Waals surface area (Å²) in [6, 6.07) is 5.06. The number of rotatable bonds is 5. The largest absolute Gasteiger partial charge is 0.481 e. The lowest BCUT2D eigenvalue weighted by atomic mass is 9.96. The van der Waals surface area contributed by atoms with E-state index in [1.165, 1.54) is 29.2 Å². The highest BCUT2D eigenvalue weighted by molar-refractivity contribution is 5.90. The quantitative estimate of drug-likeness (QED) is 0.802. The SMILES string of the molecule is O=C(CCN1C[C@@H](C(F)(F)F)[C@H](C(=O)O)C1)Nc1ccc(F)cc1. The number of hydrogen-bond donors (Lipinski definition) is 2. The fourth-order valence-corrected chi connectivity index (χ4v) is 2.67. The second-order valence-corrected chi connectivity index (χ2v) is 5.66. The first-order valence-corrected chi connectivity index (χ1v) is 7.24. The molecule has 0 spiro atoms. The number of alkyl halides is 3. The molecule has 1 heterocycles. The lowest BCUT2D eigenvalue weighted by Crippen LogP contribution is -2.33. The molecule has 9 heteroatoms. The first-order chi connectivity index (χ1) is 11.2. The maximum atomic E-state index is 12.9. The molecule has 0 aliphatic carbocycles. The average Bonchev–Trinajstić information content (AvgIpc) is 2.92. The number of carbonyl (C=O) groups excluding carboxylic acids is 1. The molecule has 1 aliphatic heterocycles. The van der Waals surface area contributed by atoms with Crippen molar-refractivity contribution in [3.8, 4) is 0 Å². The topological polar surface area (TPSA) is 69.6 Å². The van der Waals surface area contributed by atoms with Gasteiger partial charge in [0.1, 0.15) is 5.82 Å². The Balaban J connectivity index is 1.87. The maximum Gasteiger partial charge on any atom is 0.393 e. The molecule has 24 heavy (non-hydrogen) atoms. The minimum absolute atomic E-state index is 0.0173. The van der Waals surface area contributed by atoms with E-state index in [4.69, 9.17) is 5.11 Å². The van der Waals surface area contributed by atoms with Crippen LogP contribution in [0.2, 0.25) is 0 Å². The molecular weight excluding hydrogens is 332 g/mol. The smallest absolute Gasteiger partial charge is 0.393 e. The Labute approximate surface area is 135 Å². The van der Waals surface area contributed by atoms with E-state index in [9.17, 15) is 27.2 Å². The van der Waals surface area contributed by atoms with Gasteiger partial charge < -0.3 is 15.3 Å². The monoisotopic (exact) mass is 348 g/mol. The van der Waals surface area contributed by atoms with E-state index in [-0.39, 0.29) is 19.5 Å². The summed E-state index contributed by atoms with van der Waals surface area (Å²) in [6.07, 6.45) is -4.68. The summed E-state index contributed by atoms with van der Waals surface area (Å²) in [4.78, 5) is 24.1. The predicted molar refractivity (Wildman–Crippen MR) is 76.8 cm³/mol. The van der Waals surface area contributed by atoms with E-state index < -0.39 is 42.3 Å². The standard InChI is InChI=1S/C15H16F4N2O3/c16-9-1-3-10(4-2-9)20-13(22)5-6-21-7-11(14(23)24)12(8-21)15(17,18)19/h1-4,11-12H,5-8H2,(H,20,22)(H,23,24)/t11-,12-/m1/s1. The molecule has 0 aromatic heterocycles. The van der Waals surface area contributed by atoms with Crippen LogP contribution in [0.25, 0.3) is 0 Å². The maximum absolute atomic E-state index is 12.9. The number of benzene rings is 1. The first-order valence-electron chi connectivity index (χ1n) is 7.24. The van der Waals surface area contributed by atoms with Crippen LogP contribution in [-0.2, 0) is 9.59 Å². The van der Waals surface area contributed by atoms with Crippen LogP contribution in [0, 0.1) is 17.7 Å². The zero-order valence-electron chi connectivity index (χ0n) is 12.5. The molecule has 0 unspecified atom stereocenters. The number of anilines is 1. The number of aliphatic carboxylic acids is 1. The van der Waals surface area contributed by atoms with E-state index in [0.29, 0.717) is 5.69 Å². The van der Waals surface area contributed by atoms with Crippen molar-refractivity contribution in [2.24, 2.45) is 11.8 Å². The molecule has 1 amide bonds. The van der Waals surface area contributed by atoms with Crippen LogP contribution in [0.3, 0.4) is 0 Å². The summed E-state index contributed by atoms with van der Waals surface area (Å²) in [7, 11) is 0. The molecule has 1 aliphatic rings. The van der Waals surface area contributed by atoms with Crippen molar-refractivity contribution in [1.82, 2.24) is 4.90 Å². The van der Waals surface area contributed by atoms with Gasteiger partial charge in [0.05, 0.1) is 11.8 Å². The van der Waals surface area contributed by atoms with Gasteiger partial charge in [-0.3, -0.25) is 9.59 Å². The van der Waals surface area contributed by atoms with Crippen molar-refractivity contribution in [3.05, 3.63) is 30.1 Å². The van der Waals surface area contributed by atoms with Crippen molar-refractivity contribution >= 4 is 17.6 Å². The van der Waals surface area contributed by atoms with E-state index >= 15 is 0 Å². The first kappa shape index (κ1) is 18.2. The van der Waals surface area contributed by atoms with Gasteiger partial charge in [-0.15, -0.1) is 0 Å². The fourth-order valence-electron chi connectivity index (χ4n) is 2.67. The van der Waals surface area contributed by atoms with Crippen molar-refractivity contribution in [2.75, 3.05) is 25.0 Å². The van der Waals surface area contributed by atoms with Gasteiger partial charge >= 0.3 is 12.1 Å². The Morgan fingerprint density at radius 3 is 2.33 bits per heavy atom. The zero-order chi connectivity index (χ0) is 17.9. The summed E-state index contributed by atoms with van der Waals surface area (Å²) in [5.74, 6) is -5.84. The highest BCUT2D eigenvalue weighted by Crippen LogP contribution is 2.37. The zero-order valence-corrected chi connectivity index (χ0v) is 12.5. The highest BCUT2D eigenvalue weighted by atomic mass is 19.4. The summed E-state index contributed by atoms with van der Waals surface area (Å²) >= 11 is 0. The van der Waals surface area contributed by atoms with Crippen molar-refractivity contribution in [2.45, 2.75) is 12.6 Å². The molecule has 2 atom stereocenters. The molecule has 1 saturated heterocycles. The molecule has 1 aromatic rings. The molecule has 2 N–H and O–H groups in total. The number of carboxylic acid groups (broad SMARTS) is 1. The summed E-state index contributed by atoms with van der Waals surface area (Å²) in [6.45, 7) is -0.670. The van der Waals surface area contributed by atoms with Crippen LogP contribution in [0.1, 0.15) is 6.42 Å². The number of likely N-dealkylation sites (tertiary alicyclic amines) is 1. The van der Waals surface area contributed by atoms with Gasteiger partial charge in [-0.05, 0) is 24.3 Å². The highest BCUT2D eigenvalue weighted by Gasteiger charge is 2.52. The molecule has 0 bridgehead atoms. The van der Waals surface area contributed by atoms with Gasteiger partial charge in [-0.1, -0.05) is 0 Å². The van der Waals surface area contributed by atoms with Crippen LogP contribution >= 0.6 is 0 Å². The lowest BCUT2D eigenvalue weighted by molar-refractivity contribution is -0.188. The van der Waals surface area contributed by atoms with Gasteiger partial charge in [0.15, 0.2) is 0 Å². The van der Waals surface area contributed by atoms with E-state index in [1.54, 1.807) is 0 Å². The second kappa shape index (κ2) is 7.16. The Hall–Kier alpha value is -2.16. The van der Waals surface area contributed by atoms with Gasteiger partial charge in [-0.2, -0.15) is 13.2 Å². The average molecular weight is 348 g/mol. The Bertz CT molecular complexity index is 604. The van der Waals surface area contributed by atoms with Crippen LogP contribution in [0.4, 0.5) is 23.2 Å². The Kier molecular flexibility index (Phi) is 5.43. The second-order valence-electron chi connectivity index (χ2n) is 5.66. The summed E-state index contributed by atoms with van der Waals surface area (Å²) < 4.78 is 51.3. The molecule has 1 fully saturated rings. The summed E-state index contributed by atoms with van der Waals surface area (Å²) in [5.41, 5.74) is 0.374. The number of carboxylic acids is 1.